The minimum absolute atomic E-state index is 0.0301. The number of hydrogen-bond acceptors (Lipinski definition) is 4. The predicted octanol–water partition coefficient (Wildman–Crippen LogP) is 2.03. The van der Waals surface area contributed by atoms with Crippen molar-refractivity contribution in [3.05, 3.63) is 0 Å². The molecule has 114 valence electrons. The Bertz CT molecular complexity index is 461. The molecule has 1 N–H and O–H groups in total. The first-order valence-corrected chi connectivity index (χ1v) is 9.42. The van der Waals surface area contributed by atoms with Crippen LogP contribution in [0.4, 0.5) is 0 Å². The highest BCUT2D eigenvalue weighted by atomic mass is 32.2. The van der Waals surface area contributed by atoms with Crippen molar-refractivity contribution >= 4 is 21.5 Å². The molecule has 1 saturated heterocycles. The van der Waals surface area contributed by atoms with Crippen molar-refractivity contribution in [2.24, 2.45) is 11.0 Å². The average molecular weight is 300 g/mol. The number of carbonyl (C=O) groups excluding carboxylic acids is 1. The quantitative estimate of drug-likeness (QED) is 0.810. The van der Waals surface area contributed by atoms with Gasteiger partial charge in [0.1, 0.15) is 0 Å². The number of hydrogen-bond donors (Lipinski definition) is 1. The SMILES string of the molecule is O=C(C[C@@H]1CCS(=O)(=O)C1)NN=C1CCCCCCC1. The van der Waals surface area contributed by atoms with Gasteiger partial charge in [0.25, 0.3) is 0 Å². The molecule has 1 aliphatic carbocycles. The summed E-state index contributed by atoms with van der Waals surface area (Å²) in [5.41, 5.74) is 3.69. The molecule has 0 bridgehead atoms. The Labute approximate surface area is 121 Å². The maximum absolute atomic E-state index is 11.8. The summed E-state index contributed by atoms with van der Waals surface area (Å²) in [6.07, 6.45) is 8.90. The number of carbonyl (C=O) groups is 1. The van der Waals surface area contributed by atoms with E-state index in [4.69, 9.17) is 0 Å². The molecule has 0 spiro atoms. The van der Waals surface area contributed by atoms with Gasteiger partial charge in [0.05, 0.1) is 11.5 Å². The lowest BCUT2D eigenvalue weighted by molar-refractivity contribution is -0.121. The van der Waals surface area contributed by atoms with Crippen LogP contribution < -0.4 is 5.43 Å². The number of rotatable bonds is 3. The zero-order chi connectivity index (χ0) is 14.4. The van der Waals surface area contributed by atoms with E-state index in [2.05, 4.69) is 10.5 Å². The summed E-state index contributed by atoms with van der Waals surface area (Å²) in [7, 11) is -2.90. The van der Waals surface area contributed by atoms with Crippen molar-refractivity contribution in [2.45, 2.75) is 57.8 Å². The standard InChI is InChI=1S/C14H24N2O3S/c17-14(10-12-8-9-20(18,19)11-12)16-15-13-6-4-2-1-3-5-7-13/h12H,1-11H2,(H,16,17)/t12-/m0/s1. The normalized spacial score (nSPS) is 26.6. The molecule has 1 saturated carbocycles. The van der Waals surface area contributed by atoms with Crippen LogP contribution in [0.5, 0.6) is 0 Å². The van der Waals surface area contributed by atoms with E-state index in [0.717, 1.165) is 31.4 Å². The minimum Gasteiger partial charge on any atom is -0.273 e. The van der Waals surface area contributed by atoms with E-state index in [1.54, 1.807) is 0 Å². The van der Waals surface area contributed by atoms with Gasteiger partial charge in [-0.05, 0) is 38.0 Å². The van der Waals surface area contributed by atoms with Gasteiger partial charge in [0, 0.05) is 12.1 Å². The molecule has 0 radical (unpaired) electrons. The predicted molar refractivity (Wildman–Crippen MR) is 79.3 cm³/mol. The molecule has 1 amide bonds. The smallest absolute Gasteiger partial charge is 0.240 e. The van der Waals surface area contributed by atoms with Crippen molar-refractivity contribution in [1.82, 2.24) is 5.43 Å². The molecule has 1 atom stereocenters. The number of amides is 1. The van der Waals surface area contributed by atoms with Crippen LogP contribution in [0.2, 0.25) is 0 Å². The largest absolute Gasteiger partial charge is 0.273 e. The summed E-state index contributed by atoms with van der Waals surface area (Å²) >= 11 is 0. The third kappa shape index (κ3) is 5.23. The Balaban J connectivity index is 1.76. The van der Waals surface area contributed by atoms with Gasteiger partial charge in [-0.15, -0.1) is 0 Å². The van der Waals surface area contributed by atoms with Gasteiger partial charge in [-0.3, -0.25) is 4.79 Å². The maximum atomic E-state index is 11.8. The van der Waals surface area contributed by atoms with Crippen LogP contribution in [0, 0.1) is 5.92 Å². The van der Waals surface area contributed by atoms with Gasteiger partial charge >= 0.3 is 0 Å². The monoisotopic (exact) mass is 300 g/mol. The van der Waals surface area contributed by atoms with E-state index in [0.29, 0.717) is 6.42 Å². The lowest BCUT2D eigenvalue weighted by Crippen LogP contribution is -2.23. The van der Waals surface area contributed by atoms with Crippen molar-refractivity contribution in [1.29, 1.82) is 0 Å². The van der Waals surface area contributed by atoms with Crippen molar-refractivity contribution in [3.8, 4) is 0 Å². The summed E-state index contributed by atoms with van der Waals surface area (Å²) in [6, 6.07) is 0. The minimum atomic E-state index is -2.90. The van der Waals surface area contributed by atoms with Crippen LogP contribution in [-0.4, -0.2) is 31.5 Å². The molecule has 6 heteroatoms. The van der Waals surface area contributed by atoms with Gasteiger partial charge in [0.2, 0.25) is 5.91 Å². The Morgan fingerprint density at radius 2 is 1.80 bits per heavy atom. The molecule has 2 aliphatic rings. The van der Waals surface area contributed by atoms with Gasteiger partial charge in [-0.2, -0.15) is 5.10 Å². The molecule has 1 heterocycles. The molecule has 1 aliphatic heterocycles. The Hall–Kier alpha value is -0.910. The van der Waals surface area contributed by atoms with Gasteiger partial charge in [-0.1, -0.05) is 19.3 Å². The first kappa shape index (κ1) is 15.5. The Kier molecular flexibility index (Phi) is 5.57. The van der Waals surface area contributed by atoms with Gasteiger partial charge < -0.3 is 0 Å². The number of nitrogens with one attached hydrogen (secondary N) is 1. The topological polar surface area (TPSA) is 75.6 Å². The van der Waals surface area contributed by atoms with E-state index in [1.807, 2.05) is 0 Å². The van der Waals surface area contributed by atoms with Crippen LogP contribution in [-0.2, 0) is 14.6 Å². The van der Waals surface area contributed by atoms with E-state index in [1.165, 1.54) is 19.3 Å². The van der Waals surface area contributed by atoms with Gasteiger partial charge in [0.15, 0.2) is 9.84 Å². The van der Waals surface area contributed by atoms with E-state index in [9.17, 15) is 13.2 Å². The molecule has 0 aromatic carbocycles. The molecule has 20 heavy (non-hydrogen) atoms. The zero-order valence-corrected chi connectivity index (χ0v) is 12.8. The fourth-order valence-electron chi connectivity index (χ4n) is 2.91. The Morgan fingerprint density at radius 1 is 1.15 bits per heavy atom. The van der Waals surface area contributed by atoms with Crippen LogP contribution in [0.25, 0.3) is 0 Å². The van der Waals surface area contributed by atoms with Crippen LogP contribution in [0.1, 0.15) is 57.8 Å². The molecular formula is C14H24N2O3S. The molecule has 0 unspecified atom stereocenters. The zero-order valence-electron chi connectivity index (χ0n) is 11.9. The summed E-state index contributed by atoms with van der Waals surface area (Å²) in [4.78, 5) is 11.8. The van der Waals surface area contributed by atoms with Crippen LogP contribution in [0.3, 0.4) is 0 Å². The van der Waals surface area contributed by atoms with E-state index < -0.39 is 9.84 Å². The second-order valence-corrected chi connectivity index (χ2v) is 8.18. The fourth-order valence-corrected chi connectivity index (χ4v) is 4.77. The van der Waals surface area contributed by atoms with E-state index >= 15 is 0 Å². The summed E-state index contributed by atoms with van der Waals surface area (Å²) in [5, 5.41) is 4.23. The molecule has 0 aromatic heterocycles. The highest BCUT2D eigenvalue weighted by Gasteiger charge is 2.29. The maximum Gasteiger partial charge on any atom is 0.240 e. The molecule has 0 aromatic rings. The Morgan fingerprint density at radius 3 is 2.40 bits per heavy atom. The van der Waals surface area contributed by atoms with Crippen molar-refractivity contribution in [3.63, 3.8) is 0 Å². The lowest BCUT2D eigenvalue weighted by Gasteiger charge is -2.11. The second kappa shape index (κ2) is 7.20. The number of sulfone groups is 1. The first-order valence-electron chi connectivity index (χ1n) is 7.60. The second-order valence-electron chi connectivity index (χ2n) is 5.95. The van der Waals surface area contributed by atoms with Crippen molar-refractivity contribution < 1.29 is 13.2 Å². The fraction of sp³-hybridized carbons (Fsp3) is 0.857. The van der Waals surface area contributed by atoms with Gasteiger partial charge in [-0.25, -0.2) is 13.8 Å². The lowest BCUT2D eigenvalue weighted by atomic mass is 9.99. The van der Waals surface area contributed by atoms with Crippen molar-refractivity contribution in [2.75, 3.05) is 11.5 Å². The number of hydrazone groups is 1. The van der Waals surface area contributed by atoms with Crippen LogP contribution >= 0.6 is 0 Å². The molecular weight excluding hydrogens is 276 g/mol. The average Bonchev–Trinajstić information content (AvgIpc) is 2.67. The summed E-state index contributed by atoms with van der Waals surface area (Å²) in [6.45, 7) is 0. The molecule has 2 rings (SSSR count). The highest BCUT2D eigenvalue weighted by Crippen LogP contribution is 2.21. The third-order valence-corrected chi connectivity index (χ3v) is 5.91. The third-order valence-electron chi connectivity index (χ3n) is 4.07. The first-order chi connectivity index (χ1) is 9.55. The molecule has 5 nitrogen and oxygen atoms in total. The highest BCUT2D eigenvalue weighted by molar-refractivity contribution is 7.91. The van der Waals surface area contributed by atoms with E-state index in [-0.39, 0.29) is 29.8 Å². The molecule has 2 fully saturated rings. The number of nitrogens with zero attached hydrogens (tertiary/aromatic N) is 1. The summed E-state index contributed by atoms with van der Waals surface area (Å²) < 4.78 is 22.7. The summed E-state index contributed by atoms with van der Waals surface area (Å²) in [5.74, 6) is 0.190. The van der Waals surface area contributed by atoms with Crippen LogP contribution in [0.15, 0.2) is 5.10 Å².